The molecule has 2 aromatic heterocycles. The monoisotopic (exact) mass is 364 g/mol. The summed E-state index contributed by atoms with van der Waals surface area (Å²) < 4.78 is 2.19. The molecule has 0 atom stereocenters. The first-order chi connectivity index (χ1) is 13.8. The molecule has 5 aromatic rings. The van der Waals surface area contributed by atoms with Crippen LogP contribution in [0.15, 0.2) is 79.1 Å². The van der Waals surface area contributed by atoms with Crippen molar-refractivity contribution in [2.75, 3.05) is 0 Å². The highest BCUT2D eigenvalue weighted by molar-refractivity contribution is 5.85. The second-order valence-corrected chi connectivity index (χ2v) is 7.04. The van der Waals surface area contributed by atoms with Gasteiger partial charge in [-0.2, -0.15) is 0 Å². The smallest absolute Gasteiger partial charge is 0.198 e. The molecular formula is C24H20N4. The molecule has 0 saturated heterocycles. The van der Waals surface area contributed by atoms with Gasteiger partial charge in [0.25, 0.3) is 0 Å². The van der Waals surface area contributed by atoms with Crippen LogP contribution < -0.4 is 0 Å². The number of benzene rings is 3. The van der Waals surface area contributed by atoms with Gasteiger partial charge in [0.15, 0.2) is 11.3 Å². The second-order valence-electron chi connectivity index (χ2n) is 7.04. The lowest BCUT2D eigenvalue weighted by Gasteiger charge is -2.11. The van der Waals surface area contributed by atoms with Crippen LogP contribution in [0.1, 0.15) is 11.1 Å². The van der Waals surface area contributed by atoms with Crippen molar-refractivity contribution in [2.45, 2.75) is 19.9 Å². The van der Waals surface area contributed by atoms with Crippen LogP contribution in [-0.2, 0) is 13.0 Å². The first kappa shape index (κ1) is 16.6. The van der Waals surface area contributed by atoms with E-state index in [1.165, 1.54) is 21.9 Å². The third-order valence-corrected chi connectivity index (χ3v) is 5.18. The van der Waals surface area contributed by atoms with Crippen LogP contribution in [0.2, 0.25) is 0 Å². The summed E-state index contributed by atoms with van der Waals surface area (Å²) >= 11 is 0. The second kappa shape index (κ2) is 6.89. The predicted octanol–water partition coefficient (Wildman–Crippen LogP) is 5.20. The molecule has 0 unspecified atom stereocenters. The summed E-state index contributed by atoms with van der Waals surface area (Å²) in [6.45, 7) is 2.89. The van der Waals surface area contributed by atoms with E-state index in [0.29, 0.717) is 5.65 Å². The van der Waals surface area contributed by atoms with E-state index in [9.17, 15) is 0 Å². The molecule has 0 radical (unpaired) electrons. The molecule has 0 saturated carbocycles. The van der Waals surface area contributed by atoms with Gasteiger partial charge in [-0.05, 0) is 29.7 Å². The Kier molecular flexibility index (Phi) is 4.09. The Balaban J connectivity index is 1.58. The summed E-state index contributed by atoms with van der Waals surface area (Å²) in [7, 11) is 0. The van der Waals surface area contributed by atoms with E-state index in [-0.39, 0.29) is 0 Å². The highest BCUT2D eigenvalue weighted by Gasteiger charge is 2.14. The van der Waals surface area contributed by atoms with E-state index in [1.54, 1.807) is 12.4 Å². The molecule has 28 heavy (non-hydrogen) atoms. The van der Waals surface area contributed by atoms with Gasteiger partial charge < -0.3 is 4.57 Å². The number of rotatable bonds is 4. The Morgan fingerprint density at radius 2 is 1.61 bits per heavy atom. The van der Waals surface area contributed by atoms with Crippen LogP contribution in [0.3, 0.4) is 0 Å². The number of aryl methyl sites for hydroxylation is 3. The van der Waals surface area contributed by atoms with Crippen LogP contribution in [-0.4, -0.2) is 19.5 Å². The molecule has 2 heterocycles. The predicted molar refractivity (Wildman–Crippen MR) is 113 cm³/mol. The lowest BCUT2D eigenvalue weighted by molar-refractivity contribution is 0.719. The van der Waals surface area contributed by atoms with Crippen LogP contribution in [0.4, 0.5) is 0 Å². The average molecular weight is 364 g/mol. The Morgan fingerprint density at radius 3 is 2.50 bits per heavy atom. The van der Waals surface area contributed by atoms with Gasteiger partial charge in [0.2, 0.25) is 0 Å². The SMILES string of the molecule is Cc1ccc(-c2nc3nccnc3n2CCc2cccc3ccccc23)cc1. The van der Waals surface area contributed by atoms with Gasteiger partial charge in [0.05, 0.1) is 0 Å². The van der Waals surface area contributed by atoms with Crippen molar-refractivity contribution in [3.63, 3.8) is 0 Å². The van der Waals surface area contributed by atoms with Gasteiger partial charge in [-0.1, -0.05) is 72.3 Å². The summed E-state index contributed by atoms with van der Waals surface area (Å²) in [6, 6.07) is 23.5. The molecule has 0 spiro atoms. The molecule has 0 bridgehead atoms. The van der Waals surface area contributed by atoms with E-state index >= 15 is 0 Å². The standard InChI is InChI=1S/C24H20N4/c1-17-9-11-20(12-10-17)23-27-22-24(26-15-14-25-22)28(23)16-13-19-7-4-6-18-5-2-3-8-21(18)19/h2-12,14-15H,13,16H2,1H3. The van der Waals surface area contributed by atoms with E-state index in [0.717, 1.165) is 30.0 Å². The Hall–Kier alpha value is -3.53. The number of hydrogen-bond acceptors (Lipinski definition) is 3. The van der Waals surface area contributed by atoms with Crippen molar-refractivity contribution in [2.24, 2.45) is 0 Å². The maximum absolute atomic E-state index is 4.78. The Bertz CT molecular complexity index is 1260. The zero-order valence-corrected chi connectivity index (χ0v) is 15.7. The van der Waals surface area contributed by atoms with Crippen molar-refractivity contribution < 1.29 is 0 Å². The van der Waals surface area contributed by atoms with E-state index < -0.39 is 0 Å². The summed E-state index contributed by atoms with van der Waals surface area (Å²) in [5.41, 5.74) is 5.18. The van der Waals surface area contributed by atoms with Crippen molar-refractivity contribution in [1.29, 1.82) is 0 Å². The number of fused-ring (bicyclic) bond motifs is 2. The van der Waals surface area contributed by atoms with Crippen LogP contribution in [0.5, 0.6) is 0 Å². The minimum atomic E-state index is 0.691. The largest absolute Gasteiger partial charge is 0.307 e. The molecule has 0 aliphatic rings. The maximum atomic E-state index is 4.78. The number of aromatic nitrogens is 4. The lowest BCUT2D eigenvalue weighted by atomic mass is 10.0. The number of nitrogens with zero attached hydrogens (tertiary/aromatic N) is 4. The van der Waals surface area contributed by atoms with E-state index in [1.807, 2.05) is 0 Å². The minimum Gasteiger partial charge on any atom is -0.307 e. The quantitative estimate of drug-likeness (QED) is 0.440. The molecule has 4 heteroatoms. The molecule has 5 rings (SSSR count). The molecule has 4 nitrogen and oxygen atoms in total. The highest BCUT2D eigenvalue weighted by Crippen LogP contribution is 2.25. The first-order valence-corrected chi connectivity index (χ1v) is 9.50. The van der Waals surface area contributed by atoms with Crippen molar-refractivity contribution in [3.8, 4) is 11.4 Å². The summed E-state index contributed by atoms with van der Waals surface area (Å²) in [4.78, 5) is 13.8. The van der Waals surface area contributed by atoms with Crippen molar-refractivity contribution in [1.82, 2.24) is 19.5 Å². The summed E-state index contributed by atoms with van der Waals surface area (Å²) in [5, 5.41) is 2.58. The molecule has 0 amide bonds. The van der Waals surface area contributed by atoms with Crippen molar-refractivity contribution in [3.05, 3.63) is 90.3 Å². The van der Waals surface area contributed by atoms with Gasteiger partial charge in [0, 0.05) is 24.5 Å². The fourth-order valence-electron chi connectivity index (χ4n) is 3.73. The molecule has 0 N–H and O–H groups in total. The Labute approximate surface area is 163 Å². The molecular weight excluding hydrogens is 344 g/mol. The molecule has 0 fully saturated rings. The third-order valence-electron chi connectivity index (χ3n) is 5.18. The first-order valence-electron chi connectivity index (χ1n) is 9.50. The topological polar surface area (TPSA) is 43.6 Å². The van der Waals surface area contributed by atoms with Gasteiger partial charge in [-0.3, -0.25) is 0 Å². The normalized spacial score (nSPS) is 11.3. The fourth-order valence-corrected chi connectivity index (χ4v) is 3.73. The van der Waals surface area contributed by atoms with Gasteiger partial charge in [-0.25, -0.2) is 15.0 Å². The van der Waals surface area contributed by atoms with Gasteiger partial charge in [0.1, 0.15) is 5.82 Å². The highest BCUT2D eigenvalue weighted by atomic mass is 15.2. The summed E-state index contributed by atoms with van der Waals surface area (Å²) in [5.74, 6) is 0.918. The zero-order valence-electron chi connectivity index (χ0n) is 15.7. The lowest BCUT2D eigenvalue weighted by Crippen LogP contribution is -2.05. The third kappa shape index (κ3) is 2.93. The average Bonchev–Trinajstić information content (AvgIpc) is 3.11. The van der Waals surface area contributed by atoms with E-state index in [2.05, 4.69) is 88.2 Å². The van der Waals surface area contributed by atoms with Crippen molar-refractivity contribution >= 4 is 22.1 Å². The maximum Gasteiger partial charge on any atom is 0.198 e. The molecule has 0 aliphatic carbocycles. The molecule has 136 valence electrons. The minimum absolute atomic E-state index is 0.691. The van der Waals surface area contributed by atoms with Gasteiger partial charge >= 0.3 is 0 Å². The van der Waals surface area contributed by atoms with Crippen LogP contribution in [0, 0.1) is 6.92 Å². The van der Waals surface area contributed by atoms with Crippen LogP contribution >= 0.6 is 0 Å². The fraction of sp³-hybridized carbons (Fsp3) is 0.125. The molecule has 0 aliphatic heterocycles. The van der Waals surface area contributed by atoms with Crippen LogP contribution in [0.25, 0.3) is 33.5 Å². The number of hydrogen-bond donors (Lipinski definition) is 0. The zero-order chi connectivity index (χ0) is 18.9. The molecule has 3 aromatic carbocycles. The number of imidazole rings is 1. The van der Waals surface area contributed by atoms with Gasteiger partial charge in [-0.15, -0.1) is 0 Å². The Morgan fingerprint density at radius 1 is 0.821 bits per heavy atom. The van der Waals surface area contributed by atoms with E-state index in [4.69, 9.17) is 4.98 Å². The summed E-state index contributed by atoms with van der Waals surface area (Å²) in [6.07, 6.45) is 4.34.